The third-order valence-corrected chi connectivity index (χ3v) is 3.30. The van der Waals surface area contributed by atoms with E-state index in [1.165, 1.54) is 0 Å². The maximum absolute atomic E-state index is 11.9. The lowest BCUT2D eigenvalue weighted by atomic mass is 9.88. The number of nitrogens with one attached hydrogen (secondary N) is 1. The third-order valence-electron chi connectivity index (χ3n) is 3.30. The van der Waals surface area contributed by atoms with Crippen LogP contribution in [0.5, 0.6) is 0 Å². The van der Waals surface area contributed by atoms with Gasteiger partial charge in [0, 0.05) is 12.1 Å². The van der Waals surface area contributed by atoms with Crippen LogP contribution in [0.3, 0.4) is 0 Å². The van der Waals surface area contributed by atoms with E-state index >= 15 is 0 Å². The molecular formula is C10H18N2O. The fraction of sp³-hybridized carbons (Fsp3) is 0.900. The van der Waals surface area contributed by atoms with E-state index in [1.54, 1.807) is 0 Å². The Morgan fingerprint density at radius 2 is 2.31 bits per heavy atom. The second kappa shape index (κ2) is 2.98. The first-order valence-corrected chi connectivity index (χ1v) is 5.16. The Bertz CT molecular complexity index is 219. The number of carbonyl (C=O) groups is 1. The number of nitrogens with zero attached hydrogens (tertiary/aromatic N) is 1. The topological polar surface area (TPSA) is 32.3 Å². The molecule has 0 aromatic carbocycles. The van der Waals surface area contributed by atoms with Gasteiger partial charge in [-0.3, -0.25) is 4.79 Å². The number of likely N-dealkylation sites (tertiary alicyclic amines) is 1. The van der Waals surface area contributed by atoms with Crippen LogP contribution in [0, 0.1) is 0 Å². The molecule has 0 aromatic heterocycles. The van der Waals surface area contributed by atoms with Crippen LogP contribution in [0.25, 0.3) is 0 Å². The van der Waals surface area contributed by atoms with E-state index in [0.717, 1.165) is 32.4 Å². The molecule has 2 heterocycles. The Kier molecular flexibility index (Phi) is 2.06. The van der Waals surface area contributed by atoms with Crippen molar-refractivity contribution in [2.24, 2.45) is 0 Å². The van der Waals surface area contributed by atoms with Crippen LogP contribution in [0.1, 0.15) is 33.1 Å². The molecule has 0 aliphatic carbocycles. The highest BCUT2D eigenvalue weighted by atomic mass is 16.2. The highest BCUT2D eigenvalue weighted by molar-refractivity contribution is 5.83. The number of hydrogen-bond acceptors (Lipinski definition) is 2. The van der Waals surface area contributed by atoms with Gasteiger partial charge < -0.3 is 10.2 Å². The molecule has 0 aromatic rings. The van der Waals surface area contributed by atoms with Crippen molar-refractivity contribution < 1.29 is 4.79 Å². The van der Waals surface area contributed by atoms with Gasteiger partial charge in [-0.15, -0.1) is 0 Å². The van der Waals surface area contributed by atoms with E-state index in [2.05, 4.69) is 19.2 Å². The van der Waals surface area contributed by atoms with Gasteiger partial charge in [-0.1, -0.05) is 0 Å². The summed E-state index contributed by atoms with van der Waals surface area (Å²) >= 11 is 0. The molecule has 2 fully saturated rings. The molecule has 13 heavy (non-hydrogen) atoms. The zero-order valence-corrected chi connectivity index (χ0v) is 8.47. The van der Waals surface area contributed by atoms with Crippen molar-refractivity contribution in [3.05, 3.63) is 0 Å². The minimum atomic E-state index is 0.111. The van der Waals surface area contributed by atoms with Crippen molar-refractivity contribution in [2.75, 3.05) is 13.1 Å². The highest BCUT2D eigenvalue weighted by Gasteiger charge is 2.41. The molecule has 0 bridgehead atoms. The Morgan fingerprint density at radius 1 is 1.54 bits per heavy atom. The first-order chi connectivity index (χ1) is 6.11. The lowest BCUT2D eigenvalue weighted by molar-refractivity contribution is -0.146. The zero-order chi connectivity index (χ0) is 9.47. The molecule has 2 aliphatic rings. The summed E-state index contributed by atoms with van der Waals surface area (Å²) in [5, 5.41) is 3.25. The second-order valence-electron chi connectivity index (χ2n) is 4.70. The van der Waals surface area contributed by atoms with Gasteiger partial charge in [-0.25, -0.2) is 0 Å². The second-order valence-corrected chi connectivity index (χ2v) is 4.70. The Labute approximate surface area is 79.5 Å². The van der Waals surface area contributed by atoms with E-state index in [0.29, 0.717) is 5.91 Å². The van der Waals surface area contributed by atoms with Gasteiger partial charge >= 0.3 is 0 Å². The van der Waals surface area contributed by atoms with Gasteiger partial charge in [0.2, 0.25) is 5.91 Å². The fourth-order valence-corrected chi connectivity index (χ4v) is 2.16. The van der Waals surface area contributed by atoms with Crippen molar-refractivity contribution >= 4 is 5.91 Å². The predicted molar refractivity (Wildman–Crippen MR) is 51.4 cm³/mol. The first kappa shape index (κ1) is 9.00. The highest BCUT2D eigenvalue weighted by Crippen LogP contribution is 2.30. The standard InChI is InChI=1S/C10H18N2O/c1-10(2)5-7-12(10)9(13)8-4-3-6-11-8/h8,11H,3-7H2,1-2H3/t8-/m0/s1. The molecule has 1 atom stereocenters. The summed E-state index contributed by atoms with van der Waals surface area (Å²) < 4.78 is 0. The monoisotopic (exact) mass is 182 g/mol. The van der Waals surface area contributed by atoms with Crippen molar-refractivity contribution in [1.29, 1.82) is 0 Å². The summed E-state index contributed by atoms with van der Waals surface area (Å²) in [6.45, 7) is 6.24. The molecule has 3 heteroatoms. The molecule has 2 saturated heterocycles. The molecule has 0 radical (unpaired) electrons. The zero-order valence-electron chi connectivity index (χ0n) is 8.47. The summed E-state index contributed by atoms with van der Waals surface area (Å²) in [5.74, 6) is 0.314. The Hall–Kier alpha value is -0.570. The van der Waals surface area contributed by atoms with Crippen LogP contribution in [-0.2, 0) is 4.79 Å². The maximum atomic E-state index is 11.9. The lowest BCUT2D eigenvalue weighted by Gasteiger charge is -2.49. The van der Waals surface area contributed by atoms with Crippen LogP contribution in [0.2, 0.25) is 0 Å². The first-order valence-electron chi connectivity index (χ1n) is 5.16. The van der Waals surface area contributed by atoms with Crippen molar-refractivity contribution in [3.8, 4) is 0 Å². The number of amides is 1. The number of hydrogen-bond donors (Lipinski definition) is 1. The fourth-order valence-electron chi connectivity index (χ4n) is 2.16. The summed E-state index contributed by atoms with van der Waals surface area (Å²) in [4.78, 5) is 13.9. The van der Waals surface area contributed by atoms with Crippen LogP contribution < -0.4 is 5.32 Å². The summed E-state index contributed by atoms with van der Waals surface area (Å²) in [7, 11) is 0. The van der Waals surface area contributed by atoms with Gasteiger partial charge in [0.1, 0.15) is 0 Å². The van der Waals surface area contributed by atoms with E-state index in [4.69, 9.17) is 0 Å². The molecule has 0 saturated carbocycles. The smallest absolute Gasteiger partial charge is 0.240 e. The molecule has 2 rings (SSSR count). The summed E-state index contributed by atoms with van der Waals surface area (Å²) in [5.41, 5.74) is 0.112. The van der Waals surface area contributed by atoms with Crippen LogP contribution in [0.15, 0.2) is 0 Å². The number of carbonyl (C=O) groups excluding carboxylic acids is 1. The van der Waals surface area contributed by atoms with Crippen LogP contribution in [0.4, 0.5) is 0 Å². The van der Waals surface area contributed by atoms with Gasteiger partial charge in [0.25, 0.3) is 0 Å². The Morgan fingerprint density at radius 3 is 2.69 bits per heavy atom. The molecule has 0 spiro atoms. The van der Waals surface area contributed by atoms with E-state index < -0.39 is 0 Å². The molecule has 74 valence electrons. The van der Waals surface area contributed by atoms with Crippen molar-refractivity contribution in [2.45, 2.75) is 44.7 Å². The van der Waals surface area contributed by atoms with Crippen LogP contribution >= 0.6 is 0 Å². The molecule has 1 N–H and O–H groups in total. The largest absolute Gasteiger partial charge is 0.336 e. The van der Waals surface area contributed by atoms with E-state index in [-0.39, 0.29) is 11.6 Å². The molecule has 1 amide bonds. The van der Waals surface area contributed by atoms with Gasteiger partial charge in [-0.2, -0.15) is 0 Å². The summed E-state index contributed by atoms with van der Waals surface area (Å²) in [6, 6.07) is 0.111. The quantitative estimate of drug-likeness (QED) is 0.649. The van der Waals surface area contributed by atoms with Gasteiger partial charge in [0.15, 0.2) is 0 Å². The SMILES string of the molecule is CC1(C)CCN1C(=O)[C@@H]1CCCN1. The molecule has 2 aliphatic heterocycles. The molecule has 3 nitrogen and oxygen atoms in total. The number of rotatable bonds is 1. The minimum Gasteiger partial charge on any atom is -0.336 e. The van der Waals surface area contributed by atoms with E-state index in [9.17, 15) is 4.79 Å². The lowest BCUT2D eigenvalue weighted by Crippen LogP contribution is -2.61. The Balaban J connectivity index is 1.97. The normalized spacial score (nSPS) is 31.5. The summed E-state index contributed by atoms with van der Waals surface area (Å²) in [6.07, 6.45) is 3.31. The predicted octanol–water partition coefficient (Wildman–Crippen LogP) is 0.749. The van der Waals surface area contributed by atoms with E-state index in [1.807, 2.05) is 4.90 Å². The minimum absolute atomic E-state index is 0.111. The van der Waals surface area contributed by atoms with Crippen LogP contribution in [-0.4, -0.2) is 35.5 Å². The van der Waals surface area contributed by atoms with Gasteiger partial charge in [0.05, 0.1) is 6.04 Å². The maximum Gasteiger partial charge on any atom is 0.240 e. The molecular weight excluding hydrogens is 164 g/mol. The average Bonchev–Trinajstić information content (AvgIpc) is 2.54. The van der Waals surface area contributed by atoms with Crippen molar-refractivity contribution in [3.63, 3.8) is 0 Å². The average molecular weight is 182 g/mol. The third kappa shape index (κ3) is 1.46. The van der Waals surface area contributed by atoms with Crippen molar-refractivity contribution in [1.82, 2.24) is 10.2 Å². The van der Waals surface area contributed by atoms with Gasteiger partial charge in [-0.05, 0) is 39.7 Å². The molecule has 0 unspecified atom stereocenters.